The highest BCUT2D eigenvalue weighted by atomic mass is 35.5. The Morgan fingerprint density at radius 3 is 2.33 bits per heavy atom. The van der Waals surface area contributed by atoms with Crippen molar-refractivity contribution >= 4 is 54.9 Å². The first-order valence-corrected chi connectivity index (χ1v) is 11.3. The summed E-state index contributed by atoms with van der Waals surface area (Å²) in [7, 11) is 0. The van der Waals surface area contributed by atoms with Crippen LogP contribution in [0.15, 0.2) is 24.3 Å². The van der Waals surface area contributed by atoms with Crippen molar-refractivity contribution in [1.82, 2.24) is 15.5 Å². The summed E-state index contributed by atoms with van der Waals surface area (Å²) in [6.45, 7) is 1.29. The maximum absolute atomic E-state index is 13.4. The molecule has 0 spiro atoms. The maximum Gasteiger partial charge on any atom is 0.243 e. The SMILES string of the molecule is Cl.Cl.Cl.N=C(N)c1ccc(CNC(=O)[C@@H]2C[C@H]3CCCC[C@H]3N2C(=O)[C@H]2CCCCN2)cc1. The molecule has 0 unspecified atom stereocenters. The zero-order valence-electron chi connectivity index (χ0n) is 18.8. The molecule has 0 bridgehead atoms. The summed E-state index contributed by atoms with van der Waals surface area (Å²) in [6, 6.07) is 7.03. The minimum absolute atomic E-state index is 0. The lowest BCUT2D eigenvalue weighted by atomic mass is 9.84. The van der Waals surface area contributed by atoms with Crippen molar-refractivity contribution in [2.45, 2.75) is 76.0 Å². The van der Waals surface area contributed by atoms with Gasteiger partial charge in [-0.3, -0.25) is 15.0 Å². The summed E-state index contributed by atoms with van der Waals surface area (Å²) in [4.78, 5) is 28.5. The molecule has 7 nitrogen and oxygen atoms in total. The molecule has 3 fully saturated rings. The van der Waals surface area contributed by atoms with E-state index in [1.165, 1.54) is 6.42 Å². The summed E-state index contributed by atoms with van der Waals surface area (Å²) in [5, 5.41) is 13.9. The van der Waals surface area contributed by atoms with Gasteiger partial charge in [0.1, 0.15) is 11.9 Å². The number of hydrogen-bond donors (Lipinski definition) is 4. The van der Waals surface area contributed by atoms with Gasteiger partial charge < -0.3 is 21.3 Å². The number of rotatable bonds is 5. The molecule has 1 aromatic carbocycles. The van der Waals surface area contributed by atoms with Crippen LogP contribution in [-0.2, 0) is 16.1 Å². The number of amides is 2. The van der Waals surface area contributed by atoms with Gasteiger partial charge >= 0.3 is 0 Å². The third kappa shape index (κ3) is 6.75. The number of piperidine rings is 1. The molecule has 2 amide bonds. The predicted octanol–water partition coefficient (Wildman–Crippen LogP) is 3.15. The van der Waals surface area contributed by atoms with Crippen molar-refractivity contribution < 1.29 is 9.59 Å². The number of likely N-dealkylation sites (tertiary alicyclic amines) is 1. The smallest absolute Gasteiger partial charge is 0.243 e. The number of amidine groups is 1. The normalized spacial score (nSPS) is 26.0. The topological polar surface area (TPSA) is 111 Å². The molecule has 33 heavy (non-hydrogen) atoms. The van der Waals surface area contributed by atoms with Crippen LogP contribution < -0.4 is 16.4 Å². The lowest BCUT2D eigenvalue weighted by Crippen LogP contribution is -2.56. The van der Waals surface area contributed by atoms with Crippen LogP contribution in [0.3, 0.4) is 0 Å². The fourth-order valence-electron chi connectivity index (χ4n) is 5.36. The van der Waals surface area contributed by atoms with Crippen LogP contribution >= 0.6 is 37.2 Å². The van der Waals surface area contributed by atoms with Gasteiger partial charge in [0.2, 0.25) is 11.8 Å². The quantitative estimate of drug-likeness (QED) is 0.353. The predicted molar refractivity (Wildman–Crippen MR) is 138 cm³/mol. The summed E-state index contributed by atoms with van der Waals surface area (Å²) in [6.07, 6.45) is 8.28. The fourth-order valence-corrected chi connectivity index (χ4v) is 5.36. The lowest BCUT2D eigenvalue weighted by Gasteiger charge is -2.37. The second-order valence-electron chi connectivity index (χ2n) is 8.94. The van der Waals surface area contributed by atoms with Crippen LogP contribution in [0, 0.1) is 11.3 Å². The van der Waals surface area contributed by atoms with Gasteiger partial charge in [0.15, 0.2) is 0 Å². The van der Waals surface area contributed by atoms with E-state index in [0.717, 1.165) is 57.1 Å². The number of fused-ring (bicyclic) bond motifs is 1. The highest BCUT2D eigenvalue weighted by Crippen LogP contribution is 2.40. The van der Waals surface area contributed by atoms with E-state index in [4.69, 9.17) is 11.1 Å². The Labute approximate surface area is 214 Å². The van der Waals surface area contributed by atoms with Crippen molar-refractivity contribution in [3.05, 3.63) is 35.4 Å². The Bertz CT molecular complexity index is 802. The van der Waals surface area contributed by atoms with Gasteiger partial charge in [0, 0.05) is 18.2 Å². The van der Waals surface area contributed by atoms with Gasteiger partial charge in [-0.1, -0.05) is 43.5 Å². The summed E-state index contributed by atoms with van der Waals surface area (Å²) >= 11 is 0. The number of hydrogen-bond acceptors (Lipinski definition) is 4. The summed E-state index contributed by atoms with van der Waals surface area (Å²) < 4.78 is 0. The molecule has 1 aliphatic carbocycles. The molecule has 5 N–H and O–H groups in total. The first-order valence-electron chi connectivity index (χ1n) is 11.3. The molecular weight excluding hydrogens is 485 g/mol. The number of nitrogens with two attached hydrogens (primary N) is 1. The molecule has 2 aliphatic heterocycles. The number of nitrogens with one attached hydrogen (secondary N) is 3. The number of halogens is 3. The highest BCUT2D eigenvalue weighted by molar-refractivity contribution is 5.95. The average molecular weight is 521 g/mol. The van der Waals surface area contributed by atoms with Gasteiger partial charge in [0.25, 0.3) is 0 Å². The monoisotopic (exact) mass is 519 g/mol. The second-order valence-corrected chi connectivity index (χ2v) is 8.94. The highest BCUT2D eigenvalue weighted by Gasteiger charge is 2.48. The van der Waals surface area contributed by atoms with Crippen molar-refractivity contribution in [3.63, 3.8) is 0 Å². The van der Waals surface area contributed by atoms with Gasteiger partial charge in [-0.15, -0.1) is 37.2 Å². The molecule has 1 saturated carbocycles. The molecule has 2 saturated heterocycles. The zero-order chi connectivity index (χ0) is 21.1. The van der Waals surface area contributed by atoms with E-state index in [-0.39, 0.29) is 73.0 Å². The van der Waals surface area contributed by atoms with Crippen LogP contribution in [0.2, 0.25) is 0 Å². The molecule has 0 radical (unpaired) electrons. The van der Waals surface area contributed by atoms with Crippen molar-refractivity contribution in [1.29, 1.82) is 5.41 Å². The van der Waals surface area contributed by atoms with E-state index >= 15 is 0 Å². The van der Waals surface area contributed by atoms with Crippen LogP contribution in [0.5, 0.6) is 0 Å². The molecule has 186 valence electrons. The van der Waals surface area contributed by atoms with Crippen LogP contribution in [-0.4, -0.2) is 47.2 Å². The number of carbonyl (C=O) groups excluding carboxylic acids is 2. The molecule has 0 aromatic heterocycles. The van der Waals surface area contributed by atoms with E-state index < -0.39 is 0 Å². The number of nitrogens with zero attached hydrogens (tertiary/aromatic N) is 1. The van der Waals surface area contributed by atoms with Crippen molar-refractivity contribution in [3.8, 4) is 0 Å². The van der Waals surface area contributed by atoms with Crippen LogP contribution in [0.1, 0.15) is 62.5 Å². The Morgan fingerprint density at radius 2 is 1.70 bits per heavy atom. The third-order valence-corrected chi connectivity index (χ3v) is 6.99. The van der Waals surface area contributed by atoms with E-state index in [1.807, 2.05) is 17.0 Å². The van der Waals surface area contributed by atoms with E-state index in [9.17, 15) is 9.59 Å². The number of carbonyl (C=O) groups is 2. The van der Waals surface area contributed by atoms with Gasteiger partial charge in [-0.05, 0) is 50.1 Å². The third-order valence-electron chi connectivity index (χ3n) is 6.99. The van der Waals surface area contributed by atoms with Crippen molar-refractivity contribution in [2.24, 2.45) is 11.7 Å². The lowest BCUT2D eigenvalue weighted by molar-refractivity contribution is -0.143. The van der Waals surface area contributed by atoms with E-state index in [1.54, 1.807) is 12.1 Å². The van der Waals surface area contributed by atoms with Crippen LogP contribution in [0.4, 0.5) is 0 Å². The van der Waals surface area contributed by atoms with Crippen molar-refractivity contribution in [2.75, 3.05) is 6.54 Å². The average Bonchev–Trinajstić information content (AvgIpc) is 3.17. The van der Waals surface area contributed by atoms with E-state index in [2.05, 4.69) is 10.6 Å². The molecular formula is C23H36Cl3N5O2. The number of benzene rings is 1. The largest absolute Gasteiger partial charge is 0.384 e. The molecule has 3 aliphatic rings. The Hall–Kier alpha value is -1.54. The first kappa shape index (κ1) is 29.5. The zero-order valence-corrected chi connectivity index (χ0v) is 21.2. The first-order chi connectivity index (χ1) is 14.5. The maximum atomic E-state index is 13.4. The minimum atomic E-state index is -0.370. The van der Waals surface area contributed by atoms with Gasteiger partial charge in [-0.25, -0.2) is 0 Å². The van der Waals surface area contributed by atoms with E-state index in [0.29, 0.717) is 18.0 Å². The van der Waals surface area contributed by atoms with Gasteiger partial charge in [0.05, 0.1) is 6.04 Å². The molecule has 1 aromatic rings. The standard InChI is InChI=1S/C23H33N5O2.3ClH/c24-21(25)16-10-8-15(9-11-16)14-27-22(29)20-13-17-5-1-2-7-19(17)28(20)23(30)18-6-3-4-12-26-18;;;/h8-11,17-20,26H,1-7,12-14H2,(H3,24,25)(H,27,29);3*1H/t17-,18-,19-,20+;;;/m1.../s1. The van der Waals surface area contributed by atoms with Crippen LogP contribution in [0.25, 0.3) is 0 Å². The fraction of sp³-hybridized carbons (Fsp3) is 0.609. The Balaban J connectivity index is 0.00000181. The Morgan fingerprint density at radius 1 is 1.03 bits per heavy atom. The summed E-state index contributed by atoms with van der Waals surface area (Å²) in [5.41, 5.74) is 7.12. The molecule has 10 heteroatoms. The molecule has 4 rings (SSSR count). The summed E-state index contributed by atoms with van der Waals surface area (Å²) in [5.74, 6) is 0.542. The minimum Gasteiger partial charge on any atom is -0.384 e. The van der Waals surface area contributed by atoms with Gasteiger partial charge in [-0.2, -0.15) is 0 Å². The molecule has 2 heterocycles. The molecule has 4 atom stereocenters. The number of nitrogen functional groups attached to an aromatic ring is 1. The Kier molecular flexibility index (Phi) is 12.0. The second kappa shape index (κ2) is 13.4.